The molecule has 1 saturated heterocycles. The molecule has 2 atom stereocenters. The molecule has 1 saturated carbocycles. The minimum atomic E-state index is -0.921. The van der Waals surface area contributed by atoms with Crippen molar-refractivity contribution in [2.45, 2.75) is 63.6 Å². The van der Waals surface area contributed by atoms with Crippen LogP contribution in [0.3, 0.4) is 0 Å². The van der Waals surface area contributed by atoms with Gasteiger partial charge in [0.1, 0.15) is 5.75 Å². The second-order valence-electron chi connectivity index (χ2n) is 10.00. The Balaban J connectivity index is 1.50. The molecule has 0 bridgehead atoms. The summed E-state index contributed by atoms with van der Waals surface area (Å²) < 4.78 is 5.77. The third kappa shape index (κ3) is 5.09. The Bertz CT molecular complexity index is 814. The van der Waals surface area contributed by atoms with E-state index >= 15 is 0 Å². The van der Waals surface area contributed by atoms with E-state index in [1.54, 1.807) is 18.0 Å². The Morgan fingerprint density at radius 1 is 1.09 bits per heavy atom. The number of ether oxygens (including phenoxy) is 1. The predicted molar refractivity (Wildman–Crippen MR) is 120 cm³/mol. The molecule has 7 nitrogen and oxygen atoms in total. The van der Waals surface area contributed by atoms with Crippen molar-refractivity contribution in [1.29, 1.82) is 0 Å². The van der Waals surface area contributed by atoms with Crippen LogP contribution < -0.4 is 4.74 Å². The average molecular weight is 445 g/mol. The Morgan fingerprint density at radius 3 is 2.50 bits per heavy atom. The van der Waals surface area contributed by atoms with Crippen molar-refractivity contribution in [1.82, 2.24) is 9.80 Å². The molecule has 4 rings (SSSR count). The van der Waals surface area contributed by atoms with E-state index in [0.29, 0.717) is 44.6 Å². The standard InChI is InChI=1S/C25H36N2O5/c1-26-17-25(10-12-27(13-11-25)24(31)18-6-2-3-7-18)15-21(29)20(28)14-19-8-4-5-9-22(19)32-16-23(26)30/h4-5,8-9,18,20-21,28-29H,2-3,6-7,10-17H2,1H3/t20-,21+/m0/s1. The van der Waals surface area contributed by atoms with Crippen LogP contribution in [-0.2, 0) is 16.0 Å². The smallest absolute Gasteiger partial charge is 0.260 e. The minimum Gasteiger partial charge on any atom is -0.483 e. The first-order valence-corrected chi connectivity index (χ1v) is 12.0. The largest absolute Gasteiger partial charge is 0.483 e. The number of hydrogen-bond acceptors (Lipinski definition) is 5. The van der Waals surface area contributed by atoms with Crippen molar-refractivity contribution >= 4 is 11.8 Å². The number of nitrogens with zero attached hydrogens (tertiary/aromatic N) is 2. The van der Waals surface area contributed by atoms with Gasteiger partial charge in [0.15, 0.2) is 6.61 Å². The normalized spacial score (nSPS) is 27.4. The van der Waals surface area contributed by atoms with E-state index < -0.39 is 12.2 Å². The van der Waals surface area contributed by atoms with Crippen molar-refractivity contribution in [2.24, 2.45) is 11.3 Å². The molecular formula is C25H36N2O5. The SMILES string of the molecule is CN1CC2(CCN(C(=O)C3CCCC3)CC2)C[C@@H](O)[C@@H](O)Cc2ccccc2OCC1=O. The van der Waals surface area contributed by atoms with Crippen LogP contribution in [0.5, 0.6) is 5.75 Å². The van der Waals surface area contributed by atoms with Crippen LogP contribution in [0.15, 0.2) is 24.3 Å². The Hall–Kier alpha value is -2.12. The number of likely N-dealkylation sites (N-methyl/N-ethyl adjacent to an activating group) is 1. The van der Waals surface area contributed by atoms with Crippen LogP contribution in [0, 0.1) is 11.3 Å². The highest BCUT2D eigenvalue weighted by Gasteiger charge is 2.41. The Labute approximate surface area is 190 Å². The van der Waals surface area contributed by atoms with E-state index in [4.69, 9.17) is 4.74 Å². The van der Waals surface area contributed by atoms with Crippen LogP contribution in [0.1, 0.15) is 50.5 Å². The van der Waals surface area contributed by atoms with Crippen LogP contribution in [-0.4, -0.2) is 77.3 Å². The van der Waals surface area contributed by atoms with Gasteiger partial charge in [-0.1, -0.05) is 31.0 Å². The highest BCUT2D eigenvalue weighted by atomic mass is 16.5. The summed E-state index contributed by atoms with van der Waals surface area (Å²) in [7, 11) is 1.77. The molecule has 2 heterocycles. The number of fused-ring (bicyclic) bond motifs is 1. The van der Waals surface area contributed by atoms with Crippen molar-refractivity contribution < 1.29 is 24.5 Å². The number of likely N-dealkylation sites (tertiary alicyclic amines) is 1. The van der Waals surface area contributed by atoms with Gasteiger partial charge in [0, 0.05) is 39.0 Å². The highest BCUT2D eigenvalue weighted by molar-refractivity contribution is 5.79. The summed E-state index contributed by atoms with van der Waals surface area (Å²) in [5.41, 5.74) is 0.441. The summed E-state index contributed by atoms with van der Waals surface area (Å²) in [5, 5.41) is 21.7. The lowest BCUT2D eigenvalue weighted by Gasteiger charge is -2.45. The summed E-state index contributed by atoms with van der Waals surface area (Å²) in [6.45, 7) is 1.69. The van der Waals surface area contributed by atoms with Crippen molar-refractivity contribution in [3.8, 4) is 5.75 Å². The fraction of sp³-hybridized carbons (Fsp3) is 0.680. The van der Waals surface area contributed by atoms with Crippen LogP contribution >= 0.6 is 0 Å². The molecule has 0 radical (unpaired) electrons. The predicted octanol–water partition coefficient (Wildman–Crippen LogP) is 1.99. The lowest BCUT2D eigenvalue weighted by Crippen LogP contribution is -2.52. The summed E-state index contributed by atoms with van der Waals surface area (Å²) in [4.78, 5) is 29.3. The number of aliphatic hydroxyl groups is 2. The fourth-order valence-electron chi connectivity index (χ4n) is 5.65. The first kappa shape index (κ1) is 23.1. The summed E-state index contributed by atoms with van der Waals surface area (Å²) >= 11 is 0. The molecule has 2 amide bonds. The number of amides is 2. The molecule has 2 aliphatic heterocycles. The molecule has 7 heteroatoms. The maximum absolute atomic E-state index is 12.9. The van der Waals surface area contributed by atoms with Gasteiger partial charge < -0.3 is 24.7 Å². The maximum Gasteiger partial charge on any atom is 0.260 e. The summed E-state index contributed by atoms with van der Waals surface area (Å²) in [5.74, 6) is 0.878. The molecule has 2 N–H and O–H groups in total. The van der Waals surface area contributed by atoms with E-state index in [1.165, 1.54) is 0 Å². The second-order valence-corrected chi connectivity index (χ2v) is 10.00. The highest BCUT2D eigenvalue weighted by Crippen LogP contribution is 2.39. The van der Waals surface area contributed by atoms with Gasteiger partial charge in [-0.3, -0.25) is 9.59 Å². The molecule has 0 unspecified atom stereocenters. The summed E-state index contributed by atoms with van der Waals surface area (Å²) in [6, 6.07) is 7.33. The molecule has 3 aliphatic rings. The third-order valence-electron chi connectivity index (χ3n) is 7.68. The number of para-hydroxylation sites is 1. The van der Waals surface area contributed by atoms with E-state index in [-0.39, 0.29) is 36.2 Å². The monoisotopic (exact) mass is 444 g/mol. The second kappa shape index (κ2) is 9.79. The number of benzene rings is 1. The topological polar surface area (TPSA) is 90.3 Å². The first-order valence-electron chi connectivity index (χ1n) is 12.0. The maximum atomic E-state index is 12.9. The lowest BCUT2D eigenvalue weighted by molar-refractivity contribution is -0.141. The number of carbonyl (C=O) groups excluding carboxylic acids is 2. The fourth-order valence-corrected chi connectivity index (χ4v) is 5.65. The zero-order valence-corrected chi connectivity index (χ0v) is 19.0. The van der Waals surface area contributed by atoms with E-state index in [2.05, 4.69) is 0 Å². The van der Waals surface area contributed by atoms with Gasteiger partial charge in [-0.15, -0.1) is 0 Å². The zero-order chi connectivity index (χ0) is 22.7. The number of rotatable bonds is 1. The Kier molecular flexibility index (Phi) is 7.05. The zero-order valence-electron chi connectivity index (χ0n) is 19.0. The molecule has 2 fully saturated rings. The molecule has 176 valence electrons. The lowest BCUT2D eigenvalue weighted by atomic mass is 9.72. The summed E-state index contributed by atoms with van der Waals surface area (Å²) in [6.07, 6.45) is 4.51. The first-order chi connectivity index (χ1) is 15.4. The number of piperidine rings is 1. The van der Waals surface area contributed by atoms with Gasteiger partial charge in [-0.2, -0.15) is 0 Å². The van der Waals surface area contributed by atoms with Gasteiger partial charge in [0.25, 0.3) is 5.91 Å². The molecule has 1 aliphatic carbocycles. The minimum absolute atomic E-state index is 0.0610. The third-order valence-corrected chi connectivity index (χ3v) is 7.68. The molecule has 32 heavy (non-hydrogen) atoms. The number of hydrogen-bond donors (Lipinski definition) is 2. The van der Waals surface area contributed by atoms with Crippen molar-refractivity contribution in [2.75, 3.05) is 33.3 Å². The molecule has 1 aromatic carbocycles. The van der Waals surface area contributed by atoms with Crippen molar-refractivity contribution in [3.05, 3.63) is 29.8 Å². The quantitative estimate of drug-likeness (QED) is 0.691. The molecular weight excluding hydrogens is 408 g/mol. The van der Waals surface area contributed by atoms with Crippen LogP contribution in [0.25, 0.3) is 0 Å². The van der Waals surface area contributed by atoms with Crippen LogP contribution in [0.4, 0.5) is 0 Å². The van der Waals surface area contributed by atoms with Gasteiger partial charge >= 0.3 is 0 Å². The molecule has 1 spiro atoms. The van der Waals surface area contributed by atoms with Crippen LogP contribution in [0.2, 0.25) is 0 Å². The average Bonchev–Trinajstić information content (AvgIpc) is 3.32. The Morgan fingerprint density at radius 2 is 1.78 bits per heavy atom. The van der Waals surface area contributed by atoms with E-state index in [0.717, 1.165) is 31.2 Å². The van der Waals surface area contributed by atoms with E-state index in [9.17, 15) is 19.8 Å². The van der Waals surface area contributed by atoms with Crippen molar-refractivity contribution in [3.63, 3.8) is 0 Å². The van der Waals surface area contributed by atoms with E-state index in [1.807, 2.05) is 23.1 Å². The number of carbonyl (C=O) groups is 2. The molecule has 1 aromatic rings. The van der Waals surface area contributed by atoms with Gasteiger partial charge in [0.05, 0.1) is 12.2 Å². The van der Waals surface area contributed by atoms with Gasteiger partial charge in [-0.25, -0.2) is 0 Å². The number of aliphatic hydroxyl groups excluding tert-OH is 2. The van der Waals surface area contributed by atoms with Gasteiger partial charge in [0.2, 0.25) is 5.91 Å². The molecule has 0 aromatic heterocycles. The van der Waals surface area contributed by atoms with Gasteiger partial charge in [-0.05, 0) is 49.1 Å².